The van der Waals surface area contributed by atoms with Crippen molar-refractivity contribution >= 4 is 23.2 Å². The van der Waals surface area contributed by atoms with Gasteiger partial charge in [0.25, 0.3) is 5.91 Å². The Bertz CT molecular complexity index is 998. The first-order chi connectivity index (χ1) is 12.5. The number of carbonyl (C=O) groups is 1. The molecule has 9 heteroatoms. The Labute approximate surface area is 153 Å². The van der Waals surface area contributed by atoms with Crippen LogP contribution in [0.3, 0.4) is 0 Å². The summed E-state index contributed by atoms with van der Waals surface area (Å²) in [5, 5.41) is 6.99. The number of halogens is 1. The number of aromatic nitrogens is 3. The number of nitrogens with one attached hydrogen (secondary N) is 2. The molecule has 0 aliphatic rings. The van der Waals surface area contributed by atoms with Crippen LogP contribution in [0, 0.1) is 0 Å². The van der Waals surface area contributed by atoms with Gasteiger partial charge in [-0.2, -0.15) is 4.68 Å². The van der Waals surface area contributed by atoms with Gasteiger partial charge in [0.15, 0.2) is 0 Å². The SMILES string of the molecule is COc1cc(NC(=O)c2nn(-c3ccccc3)c(=O)[nH]2)c(OC)cc1Cl. The number of aromatic amines is 1. The number of nitrogens with zero attached hydrogens (tertiary/aromatic N) is 2. The maximum atomic E-state index is 12.5. The number of H-pyrrole nitrogens is 1. The van der Waals surface area contributed by atoms with E-state index < -0.39 is 11.6 Å². The van der Waals surface area contributed by atoms with Crippen molar-refractivity contribution in [1.82, 2.24) is 14.8 Å². The minimum absolute atomic E-state index is 0.144. The second kappa shape index (κ2) is 7.32. The van der Waals surface area contributed by atoms with Gasteiger partial charge in [0, 0.05) is 12.1 Å². The van der Waals surface area contributed by atoms with Crippen molar-refractivity contribution in [2.45, 2.75) is 0 Å². The Morgan fingerprint density at radius 2 is 1.85 bits per heavy atom. The van der Waals surface area contributed by atoms with Gasteiger partial charge in [-0.05, 0) is 12.1 Å². The third kappa shape index (κ3) is 3.40. The second-order valence-corrected chi connectivity index (χ2v) is 5.57. The van der Waals surface area contributed by atoms with E-state index in [2.05, 4.69) is 15.4 Å². The molecule has 0 saturated carbocycles. The lowest BCUT2D eigenvalue weighted by atomic mass is 10.2. The second-order valence-electron chi connectivity index (χ2n) is 5.17. The van der Waals surface area contributed by atoms with Gasteiger partial charge >= 0.3 is 5.69 Å². The summed E-state index contributed by atoms with van der Waals surface area (Å²) in [7, 11) is 2.90. The number of carbonyl (C=O) groups excluding carboxylic acids is 1. The zero-order chi connectivity index (χ0) is 18.7. The Kier molecular flexibility index (Phi) is 4.94. The van der Waals surface area contributed by atoms with E-state index in [1.807, 2.05) is 6.07 Å². The molecule has 0 bridgehead atoms. The molecule has 0 radical (unpaired) electrons. The Hall–Kier alpha value is -3.26. The zero-order valence-electron chi connectivity index (χ0n) is 13.9. The molecule has 2 aromatic carbocycles. The summed E-state index contributed by atoms with van der Waals surface area (Å²) in [6, 6.07) is 11.8. The van der Waals surface area contributed by atoms with E-state index in [4.69, 9.17) is 21.1 Å². The van der Waals surface area contributed by atoms with Crippen molar-refractivity contribution < 1.29 is 14.3 Å². The molecular weight excluding hydrogens is 360 g/mol. The van der Waals surface area contributed by atoms with Crippen molar-refractivity contribution in [2.24, 2.45) is 0 Å². The summed E-state index contributed by atoms with van der Waals surface area (Å²) in [4.78, 5) is 27.0. The van der Waals surface area contributed by atoms with Crippen molar-refractivity contribution in [2.75, 3.05) is 19.5 Å². The van der Waals surface area contributed by atoms with E-state index in [0.717, 1.165) is 4.68 Å². The highest BCUT2D eigenvalue weighted by molar-refractivity contribution is 6.32. The Morgan fingerprint density at radius 3 is 2.50 bits per heavy atom. The summed E-state index contributed by atoms with van der Waals surface area (Å²) in [5.74, 6) is -0.0469. The zero-order valence-corrected chi connectivity index (χ0v) is 14.7. The van der Waals surface area contributed by atoms with Gasteiger partial charge in [0.1, 0.15) is 11.5 Å². The summed E-state index contributed by atoms with van der Waals surface area (Å²) in [6.07, 6.45) is 0. The number of anilines is 1. The van der Waals surface area contributed by atoms with Crippen molar-refractivity contribution in [1.29, 1.82) is 0 Å². The largest absolute Gasteiger partial charge is 0.495 e. The van der Waals surface area contributed by atoms with Gasteiger partial charge in [-0.25, -0.2) is 4.79 Å². The molecule has 8 nitrogen and oxygen atoms in total. The number of benzene rings is 2. The summed E-state index contributed by atoms with van der Waals surface area (Å²) in [6.45, 7) is 0. The molecule has 0 spiro atoms. The minimum Gasteiger partial charge on any atom is -0.495 e. The van der Waals surface area contributed by atoms with Crippen LogP contribution in [0.2, 0.25) is 5.02 Å². The fraction of sp³-hybridized carbons (Fsp3) is 0.118. The van der Waals surface area contributed by atoms with E-state index >= 15 is 0 Å². The summed E-state index contributed by atoms with van der Waals surface area (Å²) in [5.41, 5.74) is 0.342. The Balaban J connectivity index is 1.91. The topological polar surface area (TPSA) is 98.2 Å². The van der Waals surface area contributed by atoms with Crippen LogP contribution in [0.25, 0.3) is 5.69 Å². The third-order valence-corrected chi connectivity index (χ3v) is 3.85. The molecule has 0 unspecified atom stereocenters. The maximum Gasteiger partial charge on any atom is 0.348 e. The van der Waals surface area contributed by atoms with Crippen LogP contribution in [0.5, 0.6) is 11.5 Å². The molecule has 1 amide bonds. The van der Waals surface area contributed by atoms with Crippen molar-refractivity contribution in [3.05, 3.63) is 63.8 Å². The number of methoxy groups -OCH3 is 2. The van der Waals surface area contributed by atoms with Crippen LogP contribution in [-0.4, -0.2) is 34.9 Å². The van der Waals surface area contributed by atoms with E-state index in [1.165, 1.54) is 26.4 Å². The lowest BCUT2D eigenvalue weighted by Gasteiger charge is -2.12. The molecule has 0 saturated heterocycles. The number of para-hydroxylation sites is 1. The maximum absolute atomic E-state index is 12.5. The third-order valence-electron chi connectivity index (χ3n) is 3.56. The molecule has 3 rings (SSSR count). The van der Waals surface area contributed by atoms with Crippen LogP contribution >= 0.6 is 11.6 Å². The highest BCUT2D eigenvalue weighted by atomic mass is 35.5. The molecule has 2 N–H and O–H groups in total. The highest BCUT2D eigenvalue weighted by Gasteiger charge is 2.18. The first-order valence-electron chi connectivity index (χ1n) is 7.51. The standard InChI is InChI=1S/C17H15ClN4O4/c1-25-13-9-12(14(26-2)8-11(13)18)19-16(23)15-20-17(24)22(21-15)10-6-4-3-5-7-10/h3-9H,1-2H3,(H,19,23)(H,20,21,24). The smallest absolute Gasteiger partial charge is 0.348 e. The Morgan fingerprint density at radius 1 is 1.15 bits per heavy atom. The molecule has 0 aliphatic heterocycles. The fourth-order valence-corrected chi connectivity index (χ4v) is 2.54. The van der Waals surface area contributed by atoms with Crippen LogP contribution in [0.4, 0.5) is 5.69 Å². The number of hydrogen-bond donors (Lipinski definition) is 2. The molecule has 3 aromatic rings. The minimum atomic E-state index is -0.612. The van der Waals surface area contributed by atoms with Crippen LogP contribution in [0.15, 0.2) is 47.3 Å². The van der Waals surface area contributed by atoms with Gasteiger partial charge in [-0.15, -0.1) is 5.10 Å². The molecule has 1 heterocycles. The molecule has 134 valence electrons. The average Bonchev–Trinajstić information content (AvgIpc) is 3.05. The molecule has 1 aromatic heterocycles. The number of amides is 1. The molecule has 0 atom stereocenters. The number of ether oxygens (including phenoxy) is 2. The monoisotopic (exact) mass is 374 g/mol. The van der Waals surface area contributed by atoms with Crippen LogP contribution in [0.1, 0.15) is 10.6 Å². The van der Waals surface area contributed by atoms with Crippen molar-refractivity contribution in [3.8, 4) is 17.2 Å². The van der Waals surface area contributed by atoms with Gasteiger partial charge in [0.05, 0.1) is 30.6 Å². The lowest BCUT2D eigenvalue weighted by molar-refractivity contribution is 0.101. The van der Waals surface area contributed by atoms with Gasteiger partial charge in [0.2, 0.25) is 5.82 Å². The fourth-order valence-electron chi connectivity index (χ4n) is 2.31. The van der Waals surface area contributed by atoms with Crippen LogP contribution < -0.4 is 20.5 Å². The average molecular weight is 375 g/mol. The predicted octanol–water partition coefficient (Wildman–Crippen LogP) is 2.48. The number of hydrogen-bond acceptors (Lipinski definition) is 5. The summed E-state index contributed by atoms with van der Waals surface area (Å²) < 4.78 is 11.5. The molecule has 0 fully saturated rings. The molecule has 0 aliphatic carbocycles. The first-order valence-corrected chi connectivity index (χ1v) is 7.89. The normalized spacial score (nSPS) is 10.4. The lowest BCUT2D eigenvalue weighted by Crippen LogP contribution is -2.16. The highest BCUT2D eigenvalue weighted by Crippen LogP contribution is 2.35. The van der Waals surface area contributed by atoms with E-state index in [9.17, 15) is 9.59 Å². The summed E-state index contributed by atoms with van der Waals surface area (Å²) >= 11 is 6.04. The quantitative estimate of drug-likeness (QED) is 0.715. The van der Waals surface area contributed by atoms with E-state index in [0.29, 0.717) is 27.9 Å². The van der Waals surface area contributed by atoms with Crippen molar-refractivity contribution in [3.63, 3.8) is 0 Å². The molecular formula is C17H15ClN4O4. The molecule has 26 heavy (non-hydrogen) atoms. The van der Waals surface area contributed by atoms with E-state index in [1.54, 1.807) is 24.3 Å². The van der Waals surface area contributed by atoms with Gasteiger partial charge < -0.3 is 14.8 Å². The predicted molar refractivity (Wildman–Crippen MR) is 96.7 cm³/mol. The van der Waals surface area contributed by atoms with E-state index in [-0.39, 0.29) is 5.82 Å². The van der Waals surface area contributed by atoms with Gasteiger partial charge in [-0.3, -0.25) is 9.78 Å². The first kappa shape index (κ1) is 17.6. The van der Waals surface area contributed by atoms with Crippen LogP contribution in [-0.2, 0) is 0 Å². The number of rotatable bonds is 5. The van der Waals surface area contributed by atoms with Gasteiger partial charge in [-0.1, -0.05) is 29.8 Å².